The first-order valence-electron chi connectivity index (χ1n) is 11.2. The van der Waals surface area contributed by atoms with Crippen molar-refractivity contribution in [3.05, 3.63) is 82.2 Å². The largest absolute Gasteiger partial charge is 0.452 e. The molecule has 0 spiro atoms. The molecular weight excluding hydrogens is 466 g/mol. The number of esters is 1. The van der Waals surface area contributed by atoms with Crippen LogP contribution in [-0.4, -0.2) is 31.5 Å². The average Bonchev–Trinajstić information content (AvgIpc) is 3.06. The quantitative estimate of drug-likeness (QED) is 0.455. The lowest BCUT2D eigenvalue weighted by Gasteiger charge is -2.16. The lowest BCUT2D eigenvalue weighted by Crippen LogP contribution is -2.22. The second-order valence-corrected chi connectivity index (χ2v) is 10.4. The number of sulfonamides is 1. The van der Waals surface area contributed by atoms with Gasteiger partial charge >= 0.3 is 5.97 Å². The summed E-state index contributed by atoms with van der Waals surface area (Å²) in [6, 6.07) is 13.8. The van der Waals surface area contributed by atoms with Crippen molar-refractivity contribution in [3.63, 3.8) is 0 Å². The van der Waals surface area contributed by atoms with Crippen LogP contribution in [0.5, 0.6) is 0 Å². The minimum absolute atomic E-state index is 0.0379. The molecule has 2 aromatic carbocycles. The van der Waals surface area contributed by atoms with E-state index < -0.39 is 28.5 Å². The van der Waals surface area contributed by atoms with E-state index in [-0.39, 0.29) is 10.8 Å². The van der Waals surface area contributed by atoms with Crippen LogP contribution in [0.4, 0.5) is 5.69 Å². The number of carbonyl (C=O) groups is 2. The predicted molar refractivity (Wildman–Crippen MR) is 135 cm³/mol. The van der Waals surface area contributed by atoms with Gasteiger partial charge in [0.05, 0.1) is 10.5 Å². The molecule has 0 radical (unpaired) electrons. The number of ether oxygens (including phenoxy) is 1. The Bertz CT molecular complexity index is 1360. The number of rotatable bonds is 8. The number of nitrogens with zero attached hydrogens (tertiary/aromatic N) is 1. The summed E-state index contributed by atoms with van der Waals surface area (Å²) < 4.78 is 30.1. The summed E-state index contributed by atoms with van der Waals surface area (Å²) in [7, 11) is -3.76. The highest BCUT2D eigenvalue weighted by molar-refractivity contribution is 7.89. The number of primary sulfonamides is 1. The fourth-order valence-electron chi connectivity index (χ4n) is 3.94. The third kappa shape index (κ3) is 6.17. The van der Waals surface area contributed by atoms with E-state index in [1.165, 1.54) is 12.1 Å². The molecule has 35 heavy (non-hydrogen) atoms. The van der Waals surface area contributed by atoms with Gasteiger partial charge in [0.2, 0.25) is 10.0 Å². The van der Waals surface area contributed by atoms with Gasteiger partial charge in [0.25, 0.3) is 5.91 Å². The topological polar surface area (TPSA) is 120 Å². The molecule has 0 aliphatic heterocycles. The Morgan fingerprint density at radius 2 is 1.71 bits per heavy atom. The van der Waals surface area contributed by atoms with E-state index in [1.54, 1.807) is 25.1 Å². The number of anilines is 1. The standard InChI is InChI=1S/C26H31N3O5S/c1-16(2)22-8-6-7-17(3)25(22)28-24(30)15-34-26(31)23-13-18(4)29(19(23)5)14-20-9-11-21(12-10-20)35(27,32)33/h6-13,16H,14-15H2,1-5H3,(H,28,30)(H2,27,32,33). The fraction of sp³-hybridized carbons (Fsp3) is 0.308. The molecule has 1 amide bonds. The molecule has 8 nitrogen and oxygen atoms in total. The summed E-state index contributed by atoms with van der Waals surface area (Å²) in [6.07, 6.45) is 0. The van der Waals surface area contributed by atoms with Crippen LogP contribution < -0.4 is 10.5 Å². The average molecular weight is 498 g/mol. The van der Waals surface area contributed by atoms with E-state index in [0.717, 1.165) is 28.1 Å². The summed E-state index contributed by atoms with van der Waals surface area (Å²) in [4.78, 5) is 25.3. The molecular formula is C26H31N3O5S. The Morgan fingerprint density at radius 3 is 2.31 bits per heavy atom. The predicted octanol–water partition coefficient (Wildman–Crippen LogP) is 4.03. The molecule has 0 atom stereocenters. The van der Waals surface area contributed by atoms with Crippen molar-refractivity contribution in [1.82, 2.24) is 4.57 Å². The van der Waals surface area contributed by atoms with Gasteiger partial charge in [0.1, 0.15) is 0 Å². The van der Waals surface area contributed by atoms with Gasteiger partial charge in [0, 0.05) is 23.6 Å². The second kappa shape index (κ2) is 10.5. The van der Waals surface area contributed by atoms with Crippen LogP contribution >= 0.6 is 0 Å². The van der Waals surface area contributed by atoms with E-state index in [9.17, 15) is 18.0 Å². The van der Waals surface area contributed by atoms with Gasteiger partial charge in [-0.15, -0.1) is 0 Å². The van der Waals surface area contributed by atoms with Crippen molar-refractivity contribution in [2.24, 2.45) is 5.14 Å². The second-order valence-electron chi connectivity index (χ2n) is 8.88. The van der Waals surface area contributed by atoms with Crippen LogP contribution in [0.2, 0.25) is 0 Å². The molecule has 3 aromatic rings. The summed E-state index contributed by atoms with van der Waals surface area (Å²) in [6.45, 7) is 9.71. The van der Waals surface area contributed by atoms with Gasteiger partial charge in [-0.2, -0.15) is 0 Å². The number of nitrogens with two attached hydrogens (primary N) is 1. The monoisotopic (exact) mass is 497 g/mol. The number of hydrogen-bond donors (Lipinski definition) is 2. The smallest absolute Gasteiger partial charge is 0.340 e. The van der Waals surface area contributed by atoms with Gasteiger partial charge in [-0.3, -0.25) is 4.79 Å². The van der Waals surface area contributed by atoms with Crippen LogP contribution in [0.3, 0.4) is 0 Å². The van der Waals surface area contributed by atoms with E-state index >= 15 is 0 Å². The molecule has 9 heteroatoms. The van der Waals surface area contributed by atoms with E-state index in [1.807, 2.05) is 36.6 Å². The molecule has 0 fully saturated rings. The Labute approximate surface area is 206 Å². The molecule has 0 unspecified atom stereocenters. The molecule has 186 valence electrons. The Morgan fingerprint density at radius 1 is 1.06 bits per heavy atom. The van der Waals surface area contributed by atoms with Crippen LogP contribution in [0.1, 0.15) is 58.2 Å². The zero-order chi connectivity index (χ0) is 25.9. The first kappa shape index (κ1) is 26.2. The number of amides is 1. The Kier molecular flexibility index (Phi) is 7.82. The maximum Gasteiger partial charge on any atom is 0.340 e. The number of hydrogen-bond acceptors (Lipinski definition) is 5. The van der Waals surface area contributed by atoms with Crippen LogP contribution in [0, 0.1) is 20.8 Å². The van der Waals surface area contributed by atoms with Crippen molar-refractivity contribution < 1.29 is 22.7 Å². The highest BCUT2D eigenvalue weighted by atomic mass is 32.2. The molecule has 3 rings (SSSR count). The molecule has 0 bridgehead atoms. The molecule has 3 N–H and O–H groups in total. The van der Waals surface area contributed by atoms with Crippen molar-refractivity contribution in [1.29, 1.82) is 0 Å². The molecule has 0 saturated heterocycles. The summed E-state index contributed by atoms with van der Waals surface area (Å²) in [5, 5.41) is 8.02. The Hall–Kier alpha value is -3.43. The fourth-order valence-corrected chi connectivity index (χ4v) is 4.46. The molecule has 0 saturated carbocycles. The minimum atomic E-state index is -3.76. The maximum atomic E-state index is 12.7. The molecule has 0 aliphatic carbocycles. The number of para-hydroxylation sites is 1. The van der Waals surface area contributed by atoms with Crippen LogP contribution in [-0.2, 0) is 26.1 Å². The number of aryl methyl sites for hydroxylation is 2. The summed E-state index contributed by atoms with van der Waals surface area (Å²) in [5.74, 6) is -0.759. The lowest BCUT2D eigenvalue weighted by molar-refractivity contribution is -0.119. The molecule has 0 aliphatic rings. The summed E-state index contributed by atoms with van der Waals surface area (Å²) >= 11 is 0. The van der Waals surface area contributed by atoms with Crippen molar-refractivity contribution in [2.45, 2.75) is 52.0 Å². The highest BCUT2D eigenvalue weighted by Crippen LogP contribution is 2.27. The third-order valence-corrected chi connectivity index (χ3v) is 6.84. The van der Waals surface area contributed by atoms with Crippen molar-refractivity contribution in [2.75, 3.05) is 11.9 Å². The number of benzene rings is 2. The van der Waals surface area contributed by atoms with Crippen molar-refractivity contribution in [3.8, 4) is 0 Å². The first-order valence-corrected chi connectivity index (χ1v) is 12.8. The van der Waals surface area contributed by atoms with Gasteiger partial charge in [-0.05, 0) is 61.6 Å². The maximum absolute atomic E-state index is 12.7. The van der Waals surface area contributed by atoms with Crippen LogP contribution in [0.15, 0.2) is 53.4 Å². The van der Waals surface area contributed by atoms with Gasteiger partial charge in [-0.25, -0.2) is 18.4 Å². The van der Waals surface area contributed by atoms with Crippen LogP contribution in [0.25, 0.3) is 0 Å². The van der Waals surface area contributed by atoms with Gasteiger partial charge in [-0.1, -0.05) is 44.2 Å². The molecule has 1 aromatic heterocycles. The highest BCUT2D eigenvalue weighted by Gasteiger charge is 2.19. The first-order chi connectivity index (χ1) is 16.4. The normalized spacial score (nSPS) is 11.5. The van der Waals surface area contributed by atoms with Crippen molar-refractivity contribution >= 4 is 27.6 Å². The number of carbonyl (C=O) groups excluding carboxylic acids is 2. The van der Waals surface area contributed by atoms with Gasteiger partial charge in [0.15, 0.2) is 6.61 Å². The van der Waals surface area contributed by atoms with E-state index in [2.05, 4.69) is 19.2 Å². The van der Waals surface area contributed by atoms with E-state index in [4.69, 9.17) is 9.88 Å². The number of nitrogens with one attached hydrogen (secondary N) is 1. The molecule has 1 heterocycles. The third-order valence-electron chi connectivity index (χ3n) is 5.91. The Balaban J connectivity index is 1.68. The zero-order valence-electron chi connectivity index (χ0n) is 20.6. The summed E-state index contributed by atoms with van der Waals surface area (Å²) in [5.41, 5.74) is 5.44. The minimum Gasteiger partial charge on any atom is -0.452 e. The van der Waals surface area contributed by atoms with Gasteiger partial charge < -0.3 is 14.6 Å². The zero-order valence-corrected chi connectivity index (χ0v) is 21.4. The SMILES string of the molecule is Cc1cccc(C(C)C)c1NC(=O)COC(=O)c1cc(C)n(Cc2ccc(S(N)(=O)=O)cc2)c1C. The lowest BCUT2D eigenvalue weighted by atomic mass is 9.98. The number of aromatic nitrogens is 1. The van der Waals surface area contributed by atoms with E-state index in [0.29, 0.717) is 17.8 Å².